The van der Waals surface area contributed by atoms with Gasteiger partial charge in [-0.25, -0.2) is 0 Å². The Hall–Kier alpha value is -0.0800. The van der Waals surface area contributed by atoms with Crippen LogP contribution < -0.4 is 5.32 Å². The smallest absolute Gasteiger partial charge is 0.0771 e. The number of rotatable bonds is 7. The highest BCUT2D eigenvalue weighted by molar-refractivity contribution is 4.75. The zero-order valence-corrected chi connectivity index (χ0v) is 8.94. The van der Waals surface area contributed by atoms with E-state index in [-0.39, 0.29) is 5.60 Å². The molecule has 0 aliphatic heterocycles. The van der Waals surface area contributed by atoms with Crippen LogP contribution in [0.15, 0.2) is 0 Å². The molecule has 0 rings (SSSR count). The SMILES string of the molecule is CCCCNCC(C)(CC)OC. The van der Waals surface area contributed by atoms with Crippen LogP contribution in [-0.4, -0.2) is 25.8 Å². The van der Waals surface area contributed by atoms with Gasteiger partial charge in [-0.15, -0.1) is 0 Å². The lowest BCUT2D eigenvalue weighted by atomic mass is 10.0. The van der Waals surface area contributed by atoms with Gasteiger partial charge in [0.05, 0.1) is 5.60 Å². The fourth-order valence-electron chi connectivity index (χ4n) is 0.996. The van der Waals surface area contributed by atoms with Gasteiger partial charge in [-0.3, -0.25) is 0 Å². The third-order valence-electron chi connectivity index (χ3n) is 2.45. The maximum Gasteiger partial charge on any atom is 0.0771 e. The molecule has 0 fully saturated rings. The fourth-order valence-corrected chi connectivity index (χ4v) is 0.996. The topological polar surface area (TPSA) is 21.3 Å². The summed E-state index contributed by atoms with van der Waals surface area (Å²) in [4.78, 5) is 0. The minimum atomic E-state index is 0.0216. The largest absolute Gasteiger partial charge is 0.377 e. The van der Waals surface area contributed by atoms with Crippen LogP contribution in [0.3, 0.4) is 0 Å². The van der Waals surface area contributed by atoms with Gasteiger partial charge in [0.1, 0.15) is 0 Å². The van der Waals surface area contributed by atoms with E-state index in [1.807, 2.05) is 0 Å². The third kappa shape index (κ3) is 4.73. The second-order valence-corrected chi connectivity index (χ2v) is 3.54. The van der Waals surface area contributed by atoms with E-state index in [1.54, 1.807) is 7.11 Å². The molecule has 1 unspecified atom stereocenters. The second-order valence-electron chi connectivity index (χ2n) is 3.54. The van der Waals surface area contributed by atoms with Crippen LogP contribution in [0.1, 0.15) is 40.0 Å². The summed E-state index contributed by atoms with van der Waals surface area (Å²) < 4.78 is 5.40. The number of hydrogen-bond acceptors (Lipinski definition) is 2. The number of unbranched alkanes of at least 4 members (excludes halogenated alkanes) is 1. The molecule has 2 nitrogen and oxygen atoms in total. The molecule has 0 aliphatic carbocycles. The molecule has 12 heavy (non-hydrogen) atoms. The van der Waals surface area contributed by atoms with Gasteiger partial charge in [0.25, 0.3) is 0 Å². The Morgan fingerprint density at radius 1 is 1.33 bits per heavy atom. The van der Waals surface area contributed by atoms with Crippen molar-refractivity contribution in [1.82, 2.24) is 5.32 Å². The Morgan fingerprint density at radius 2 is 2.00 bits per heavy atom. The molecule has 0 aromatic rings. The third-order valence-corrected chi connectivity index (χ3v) is 2.45. The van der Waals surface area contributed by atoms with Gasteiger partial charge in [0.2, 0.25) is 0 Å². The van der Waals surface area contributed by atoms with E-state index in [1.165, 1.54) is 12.8 Å². The fraction of sp³-hybridized carbons (Fsp3) is 1.00. The maximum atomic E-state index is 5.40. The van der Waals surface area contributed by atoms with Gasteiger partial charge >= 0.3 is 0 Å². The van der Waals surface area contributed by atoms with E-state index < -0.39 is 0 Å². The Labute approximate surface area is 76.7 Å². The van der Waals surface area contributed by atoms with Gasteiger partial charge < -0.3 is 10.1 Å². The molecule has 0 aromatic heterocycles. The second kappa shape index (κ2) is 6.44. The van der Waals surface area contributed by atoms with Gasteiger partial charge in [0, 0.05) is 13.7 Å². The number of ether oxygens (including phenoxy) is 1. The summed E-state index contributed by atoms with van der Waals surface area (Å²) in [5.41, 5.74) is 0.0216. The molecule has 0 saturated carbocycles. The average molecular weight is 173 g/mol. The van der Waals surface area contributed by atoms with Crippen molar-refractivity contribution in [2.24, 2.45) is 0 Å². The summed E-state index contributed by atoms with van der Waals surface area (Å²) in [7, 11) is 1.78. The zero-order valence-electron chi connectivity index (χ0n) is 8.94. The molecule has 0 aliphatic rings. The van der Waals surface area contributed by atoms with E-state index in [2.05, 4.69) is 26.1 Å². The lowest BCUT2D eigenvalue weighted by Crippen LogP contribution is -2.39. The standard InChI is InChI=1S/C10H23NO/c1-5-7-8-11-9-10(3,6-2)12-4/h11H,5-9H2,1-4H3. The van der Waals surface area contributed by atoms with E-state index >= 15 is 0 Å². The van der Waals surface area contributed by atoms with Crippen molar-refractivity contribution in [1.29, 1.82) is 0 Å². The summed E-state index contributed by atoms with van der Waals surface area (Å²) in [5, 5.41) is 3.40. The number of nitrogens with one attached hydrogen (secondary N) is 1. The normalized spacial score (nSPS) is 16.0. The highest BCUT2D eigenvalue weighted by Crippen LogP contribution is 2.11. The zero-order chi connectivity index (χ0) is 9.45. The molecule has 1 N–H and O–H groups in total. The van der Waals surface area contributed by atoms with Crippen LogP contribution in [0.2, 0.25) is 0 Å². The Balaban J connectivity index is 3.45. The predicted octanol–water partition coefficient (Wildman–Crippen LogP) is 2.19. The molecule has 0 saturated heterocycles. The number of methoxy groups -OCH3 is 1. The summed E-state index contributed by atoms with van der Waals surface area (Å²) >= 11 is 0. The van der Waals surface area contributed by atoms with Crippen molar-refractivity contribution in [3.63, 3.8) is 0 Å². The highest BCUT2D eigenvalue weighted by atomic mass is 16.5. The lowest BCUT2D eigenvalue weighted by molar-refractivity contribution is 0.00384. The van der Waals surface area contributed by atoms with Gasteiger partial charge in [-0.2, -0.15) is 0 Å². The Kier molecular flexibility index (Phi) is 6.39. The van der Waals surface area contributed by atoms with Gasteiger partial charge in [-0.05, 0) is 26.3 Å². The molecular weight excluding hydrogens is 150 g/mol. The van der Waals surface area contributed by atoms with Crippen LogP contribution in [0.4, 0.5) is 0 Å². The van der Waals surface area contributed by atoms with E-state index in [0.717, 1.165) is 19.5 Å². The van der Waals surface area contributed by atoms with Crippen LogP contribution in [0, 0.1) is 0 Å². The quantitative estimate of drug-likeness (QED) is 0.596. The highest BCUT2D eigenvalue weighted by Gasteiger charge is 2.19. The summed E-state index contributed by atoms with van der Waals surface area (Å²) in [6.07, 6.45) is 3.56. The molecule has 0 radical (unpaired) electrons. The maximum absolute atomic E-state index is 5.40. The molecular formula is C10H23NO. The molecule has 0 heterocycles. The van der Waals surface area contributed by atoms with Gasteiger partial charge in [0.15, 0.2) is 0 Å². The molecule has 1 atom stereocenters. The van der Waals surface area contributed by atoms with Crippen molar-refractivity contribution in [3.8, 4) is 0 Å². The first-order valence-corrected chi connectivity index (χ1v) is 4.94. The summed E-state index contributed by atoms with van der Waals surface area (Å²) in [6, 6.07) is 0. The monoisotopic (exact) mass is 173 g/mol. The first-order valence-electron chi connectivity index (χ1n) is 4.94. The Bertz CT molecular complexity index is 100. The van der Waals surface area contributed by atoms with E-state index in [0.29, 0.717) is 0 Å². The van der Waals surface area contributed by atoms with Crippen LogP contribution >= 0.6 is 0 Å². The van der Waals surface area contributed by atoms with Crippen molar-refractivity contribution >= 4 is 0 Å². The molecule has 0 bridgehead atoms. The van der Waals surface area contributed by atoms with Crippen LogP contribution in [0.5, 0.6) is 0 Å². The van der Waals surface area contributed by atoms with Crippen LogP contribution in [-0.2, 0) is 4.74 Å². The first kappa shape index (κ1) is 11.9. The molecule has 2 heteroatoms. The van der Waals surface area contributed by atoms with Crippen molar-refractivity contribution in [2.45, 2.75) is 45.6 Å². The minimum Gasteiger partial charge on any atom is -0.377 e. The Morgan fingerprint density at radius 3 is 2.42 bits per heavy atom. The molecule has 74 valence electrons. The molecule has 0 aromatic carbocycles. The van der Waals surface area contributed by atoms with Crippen molar-refractivity contribution < 1.29 is 4.74 Å². The van der Waals surface area contributed by atoms with Gasteiger partial charge in [-0.1, -0.05) is 20.3 Å². The molecule has 0 spiro atoms. The first-order chi connectivity index (χ1) is 5.68. The lowest BCUT2D eigenvalue weighted by Gasteiger charge is -2.26. The van der Waals surface area contributed by atoms with E-state index in [4.69, 9.17) is 4.74 Å². The van der Waals surface area contributed by atoms with Crippen molar-refractivity contribution in [2.75, 3.05) is 20.2 Å². The predicted molar refractivity (Wildman–Crippen MR) is 53.5 cm³/mol. The van der Waals surface area contributed by atoms with Crippen LogP contribution in [0.25, 0.3) is 0 Å². The number of hydrogen-bond donors (Lipinski definition) is 1. The molecule has 0 amide bonds. The summed E-state index contributed by atoms with van der Waals surface area (Å²) in [5.74, 6) is 0. The average Bonchev–Trinajstić information content (AvgIpc) is 2.12. The van der Waals surface area contributed by atoms with Crippen molar-refractivity contribution in [3.05, 3.63) is 0 Å². The summed E-state index contributed by atoms with van der Waals surface area (Å²) in [6.45, 7) is 8.57. The van der Waals surface area contributed by atoms with E-state index in [9.17, 15) is 0 Å². The minimum absolute atomic E-state index is 0.0216.